The number of rotatable bonds is 1. The van der Waals surface area contributed by atoms with Gasteiger partial charge in [-0.25, -0.2) is 9.18 Å². The third-order valence-corrected chi connectivity index (χ3v) is 2.58. The van der Waals surface area contributed by atoms with Crippen LogP contribution in [0.25, 0.3) is 21.9 Å². The summed E-state index contributed by atoms with van der Waals surface area (Å²) < 4.78 is 13.0. The summed E-state index contributed by atoms with van der Waals surface area (Å²) in [4.78, 5) is 16.4. The molecule has 2 heterocycles. The molecule has 0 saturated heterocycles. The van der Waals surface area contributed by atoms with Crippen molar-refractivity contribution in [3.63, 3.8) is 0 Å². The number of hydrogen-bond acceptors (Lipinski definition) is 1. The van der Waals surface area contributed by atoms with Gasteiger partial charge < -0.3 is 15.1 Å². The molecule has 0 bridgehead atoms. The van der Waals surface area contributed by atoms with Crippen molar-refractivity contribution in [2.75, 3.05) is 0 Å². The summed E-state index contributed by atoms with van der Waals surface area (Å²) in [5.41, 5.74) is 1.36. The molecular weight excluding hydrogens is 211 g/mol. The number of nitrogens with one attached hydrogen (secondary N) is 2. The van der Waals surface area contributed by atoms with Crippen molar-refractivity contribution in [2.24, 2.45) is 0 Å². The van der Waals surface area contributed by atoms with Gasteiger partial charge in [0.05, 0.1) is 5.52 Å². The summed E-state index contributed by atoms with van der Waals surface area (Å²) >= 11 is 0. The number of hydrogen-bond donors (Lipinski definition) is 3. The van der Waals surface area contributed by atoms with Crippen LogP contribution in [0.1, 0.15) is 10.5 Å². The van der Waals surface area contributed by atoms with Gasteiger partial charge in [-0.15, -0.1) is 0 Å². The highest BCUT2D eigenvalue weighted by Crippen LogP contribution is 2.26. The first-order valence-electron chi connectivity index (χ1n) is 4.68. The maximum Gasteiger partial charge on any atom is 0.352 e. The molecule has 80 valence electrons. The zero-order valence-corrected chi connectivity index (χ0v) is 8.04. The van der Waals surface area contributed by atoms with Crippen LogP contribution in [0, 0.1) is 5.82 Å². The number of aromatic nitrogens is 2. The number of carboxylic acid groups (broad SMARTS) is 1. The molecule has 0 spiro atoms. The average Bonchev–Trinajstić information content (AvgIpc) is 2.73. The molecule has 2 aromatic heterocycles. The van der Waals surface area contributed by atoms with Gasteiger partial charge in [0.1, 0.15) is 17.2 Å². The Kier molecular flexibility index (Phi) is 1.60. The fourth-order valence-electron chi connectivity index (χ4n) is 1.87. The number of aromatic carboxylic acids is 1. The molecule has 5 heteroatoms. The molecule has 0 amide bonds. The maximum atomic E-state index is 13.0. The molecule has 0 atom stereocenters. The normalized spacial score (nSPS) is 11.3. The minimum absolute atomic E-state index is 0.118. The Morgan fingerprint density at radius 3 is 2.75 bits per heavy atom. The Morgan fingerprint density at radius 2 is 2.00 bits per heavy atom. The molecule has 0 aliphatic carbocycles. The second-order valence-corrected chi connectivity index (χ2v) is 3.59. The van der Waals surface area contributed by atoms with E-state index < -0.39 is 5.97 Å². The van der Waals surface area contributed by atoms with Crippen LogP contribution in [-0.4, -0.2) is 21.0 Å². The van der Waals surface area contributed by atoms with Crippen LogP contribution < -0.4 is 0 Å². The van der Waals surface area contributed by atoms with Crippen LogP contribution in [0.3, 0.4) is 0 Å². The number of aromatic amines is 2. The van der Waals surface area contributed by atoms with Gasteiger partial charge in [-0.1, -0.05) is 0 Å². The second kappa shape index (κ2) is 2.85. The fraction of sp³-hybridized carbons (Fsp3) is 0. The maximum absolute atomic E-state index is 13.0. The molecule has 3 N–H and O–H groups in total. The van der Waals surface area contributed by atoms with Gasteiger partial charge >= 0.3 is 5.97 Å². The van der Waals surface area contributed by atoms with Gasteiger partial charge in [0.25, 0.3) is 0 Å². The molecule has 0 aliphatic heterocycles. The van der Waals surface area contributed by atoms with Crippen molar-refractivity contribution in [1.29, 1.82) is 0 Å². The molecule has 1 aromatic carbocycles. The van der Waals surface area contributed by atoms with Crippen LogP contribution >= 0.6 is 0 Å². The number of fused-ring (bicyclic) bond motifs is 3. The molecule has 3 aromatic rings. The van der Waals surface area contributed by atoms with Crippen molar-refractivity contribution < 1.29 is 14.3 Å². The van der Waals surface area contributed by atoms with Crippen LogP contribution in [-0.2, 0) is 0 Å². The predicted octanol–water partition coefficient (Wildman–Crippen LogP) is 2.49. The smallest absolute Gasteiger partial charge is 0.352 e. The molecule has 3 rings (SSSR count). The Balaban J connectivity index is 2.38. The Morgan fingerprint density at radius 1 is 1.19 bits per heavy atom. The predicted molar refractivity (Wildman–Crippen MR) is 57.1 cm³/mol. The standard InChI is InChI=1S/C11H7FN2O2/c12-5-1-2-6-7-4-9(11(15)16)14-10(7)13-8(6)3-5/h1-4,13-14H,(H,15,16). The van der Waals surface area contributed by atoms with Crippen molar-refractivity contribution >= 4 is 27.9 Å². The monoisotopic (exact) mass is 218 g/mol. The largest absolute Gasteiger partial charge is 0.477 e. The van der Waals surface area contributed by atoms with Crippen molar-refractivity contribution in [1.82, 2.24) is 9.97 Å². The van der Waals surface area contributed by atoms with E-state index in [1.165, 1.54) is 18.2 Å². The van der Waals surface area contributed by atoms with E-state index in [2.05, 4.69) is 9.97 Å². The highest BCUT2D eigenvalue weighted by atomic mass is 19.1. The van der Waals surface area contributed by atoms with E-state index in [0.717, 1.165) is 10.8 Å². The van der Waals surface area contributed by atoms with Crippen molar-refractivity contribution in [2.45, 2.75) is 0 Å². The summed E-state index contributed by atoms with van der Waals surface area (Å²) in [5.74, 6) is -1.34. The molecular formula is C11H7FN2O2. The zero-order valence-electron chi connectivity index (χ0n) is 8.04. The Labute approximate surface area is 88.7 Å². The number of carboxylic acids is 1. The lowest BCUT2D eigenvalue weighted by molar-refractivity contribution is 0.0691. The fourth-order valence-corrected chi connectivity index (χ4v) is 1.87. The van der Waals surface area contributed by atoms with Gasteiger partial charge in [-0.2, -0.15) is 0 Å². The van der Waals surface area contributed by atoms with Gasteiger partial charge in [0.15, 0.2) is 0 Å². The average molecular weight is 218 g/mol. The molecule has 16 heavy (non-hydrogen) atoms. The molecule has 0 saturated carbocycles. The summed E-state index contributed by atoms with van der Waals surface area (Å²) in [5, 5.41) is 10.4. The lowest BCUT2D eigenvalue weighted by Crippen LogP contribution is -1.95. The summed E-state index contributed by atoms with van der Waals surface area (Å²) in [6.07, 6.45) is 0. The molecule has 0 fully saturated rings. The van der Waals surface area contributed by atoms with Crippen molar-refractivity contribution in [3.05, 3.63) is 35.8 Å². The van der Waals surface area contributed by atoms with E-state index in [1.807, 2.05) is 0 Å². The Bertz CT molecular complexity index is 711. The van der Waals surface area contributed by atoms with Crippen LogP contribution in [0.15, 0.2) is 24.3 Å². The van der Waals surface area contributed by atoms with E-state index in [0.29, 0.717) is 11.2 Å². The number of benzene rings is 1. The third-order valence-electron chi connectivity index (χ3n) is 2.58. The number of halogens is 1. The highest BCUT2D eigenvalue weighted by molar-refractivity contribution is 6.08. The van der Waals surface area contributed by atoms with Gasteiger partial charge in [0.2, 0.25) is 0 Å². The number of H-pyrrole nitrogens is 2. The number of carbonyl (C=O) groups is 1. The molecule has 0 aliphatic rings. The van der Waals surface area contributed by atoms with Crippen LogP contribution in [0.2, 0.25) is 0 Å². The van der Waals surface area contributed by atoms with Gasteiger partial charge in [0, 0.05) is 10.8 Å². The SMILES string of the molecule is O=C(O)c1cc2c([nH]1)[nH]c1cc(F)ccc12. The molecule has 0 radical (unpaired) electrons. The van der Waals surface area contributed by atoms with E-state index in [-0.39, 0.29) is 11.5 Å². The lowest BCUT2D eigenvalue weighted by Gasteiger charge is -1.90. The molecule has 4 nitrogen and oxygen atoms in total. The summed E-state index contributed by atoms with van der Waals surface area (Å²) in [6.45, 7) is 0. The lowest BCUT2D eigenvalue weighted by atomic mass is 10.2. The van der Waals surface area contributed by atoms with E-state index >= 15 is 0 Å². The first kappa shape index (κ1) is 8.96. The minimum Gasteiger partial charge on any atom is -0.477 e. The summed E-state index contributed by atoms with van der Waals surface area (Å²) in [7, 11) is 0. The Hall–Kier alpha value is -2.30. The highest BCUT2D eigenvalue weighted by Gasteiger charge is 2.12. The minimum atomic E-state index is -1.01. The summed E-state index contributed by atoms with van der Waals surface area (Å²) in [6, 6.07) is 5.89. The van der Waals surface area contributed by atoms with E-state index in [4.69, 9.17) is 5.11 Å². The van der Waals surface area contributed by atoms with E-state index in [9.17, 15) is 9.18 Å². The van der Waals surface area contributed by atoms with Crippen LogP contribution in [0.4, 0.5) is 4.39 Å². The second-order valence-electron chi connectivity index (χ2n) is 3.59. The quantitative estimate of drug-likeness (QED) is 0.587. The van der Waals surface area contributed by atoms with Crippen LogP contribution in [0.5, 0.6) is 0 Å². The molecule has 0 unspecified atom stereocenters. The third kappa shape index (κ3) is 1.11. The topological polar surface area (TPSA) is 68.9 Å². The first-order chi connectivity index (χ1) is 7.65. The first-order valence-corrected chi connectivity index (χ1v) is 4.68. The van der Waals surface area contributed by atoms with Crippen molar-refractivity contribution in [3.8, 4) is 0 Å². The van der Waals surface area contributed by atoms with Gasteiger partial charge in [-0.3, -0.25) is 0 Å². The van der Waals surface area contributed by atoms with Gasteiger partial charge in [-0.05, 0) is 24.3 Å². The van der Waals surface area contributed by atoms with E-state index in [1.54, 1.807) is 6.07 Å². The zero-order chi connectivity index (χ0) is 11.3.